The Morgan fingerprint density at radius 2 is 2.16 bits per heavy atom. The number of nitrogens with zero attached hydrogens (tertiary/aromatic N) is 7. The molecule has 4 aromatic rings. The number of thiazole rings is 1. The molecule has 0 aromatic carbocycles. The van der Waals surface area contributed by atoms with Gasteiger partial charge in [-0.25, -0.2) is 15.0 Å². The zero-order valence-corrected chi connectivity index (χ0v) is 18.4. The molecule has 1 fully saturated rings. The van der Waals surface area contributed by atoms with Crippen LogP contribution in [0.2, 0.25) is 0 Å². The van der Waals surface area contributed by atoms with E-state index in [1.165, 1.54) is 0 Å². The van der Waals surface area contributed by atoms with E-state index in [1.54, 1.807) is 23.6 Å². The summed E-state index contributed by atoms with van der Waals surface area (Å²) in [5, 5.41) is 17.6. The largest absolute Gasteiger partial charge is 0.359 e. The Labute approximate surface area is 188 Å². The molecule has 0 bridgehead atoms. The number of hydrogen-bond acceptors (Lipinski definition) is 10. The summed E-state index contributed by atoms with van der Waals surface area (Å²) in [6.45, 7) is 4.79. The summed E-state index contributed by atoms with van der Waals surface area (Å²) in [5.74, 6) is 2.07. The average molecular weight is 445 g/mol. The number of rotatable bonds is 5. The first-order valence-corrected chi connectivity index (χ1v) is 11.1. The third kappa shape index (κ3) is 3.90. The number of aryl methyl sites for hydroxylation is 2. The number of pyridine rings is 1. The molecule has 1 saturated heterocycles. The van der Waals surface area contributed by atoms with Crippen molar-refractivity contribution >= 4 is 28.2 Å². The zero-order chi connectivity index (χ0) is 22.1. The highest BCUT2D eigenvalue weighted by molar-refractivity contribution is 7.15. The minimum atomic E-state index is -0.0322. The van der Waals surface area contributed by atoms with E-state index in [2.05, 4.69) is 36.4 Å². The maximum atomic E-state index is 9.34. The fraction of sp³-hybridized carbons (Fsp3) is 0.273. The van der Waals surface area contributed by atoms with Gasteiger partial charge in [0.15, 0.2) is 10.9 Å². The second kappa shape index (κ2) is 8.36. The van der Waals surface area contributed by atoms with Gasteiger partial charge in [0.1, 0.15) is 23.3 Å². The van der Waals surface area contributed by atoms with Crippen LogP contribution >= 0.6 is 11.3 Å². The molecular formula is C22H20N8OS. The molecule has 5 rings (SSSR count). The minimum Gasteiger partial charge on any atom is -0.359 e. The van der Waals surface area contributed by atoms with Crippen LogP contribution in [0.15, 0.2) is 41.2 Å². The van der Waals surface area contributed by atoms with Crippen molar-refractivity contribution in [2.45, 2.75) is 32.7 Å². The topological polar surface area (TPSA) is 117 Å². The monoisotopic (exact) mass is 444 g/mol. The second-order valence-electron chi connectivity index (χ2n) is 7.57. The van der Waals surface area contributed by atoms with Crippen molar-refractivity contribution in [3.63, 3.8) is 0 Å². The van der Waals surface area contributed by atoms with Crippen molar-refractivity contribution in [2.24, 2.45) is 0 Å². The lowest BCUT2D eigenvalue weighted by Gasteiger charge is -2.23. The number of anilines is 3. The Balaban J connectivity index is 1.43. The van der Waals surface area contributed by atoms with Gasteiger partial charge in [-0.3, -0.25) is 0 Å². The van der Waals surface area contributed by atoms with Crippen molar-refractivity contribution < 1.29 is 4.52 Å². The van der Waals surface area contributed by atoms with Gasteiger partial charge in [-0.2, -0.15) is 10.2 Å². The van der Waals surface area contributed by atoms with Crippen LogP contribution in [-0.4, -0.2) is 31.6 Å². The predicted octanol–water partition coefficient (Wildman–Crippen LogP) is 4.56. The lowest BCUT2D eigenvalue weighted by molar-refractivity contribution is 0.362. The molecule has 0 amide bonds. The Kier molecular flexibility index (Phi) is 5.25. The van der Waals surface area contributed by atoms with Crippen LogP contribution in [0.1, 0.15) is 40.9 Å². The molecule has 1 aliphatic rings. The Morgan fingerprint density at radius 1 is 1.25 bits per heavy atom. The van der Waals surface area contributed by atoms with Crippen LogP contribution in [0.3, 0.4) is 0 Å². The van der Waals surface area contributed by atoms with E-state index in [-0.39, 0.29) is 6.04 Å². The van der Waals surface area contributed by atoms with Crippen molar-refractivity contribution in [3.8, 4) is 17.3 Å². The molecule has 0 aliphatic carbocycles. The number of hydrogen-bond donors (Lipinski definition) is 1. The standard InChI is InChI=1S/C22H20N8OS/c1-13-9-20(28-22-25-12-14(2)32-22)27-21(26-13)30-8-4-6-18(30)19-10-16(29-31-19)15-5-3-7-24-17(15)11-23/h3,5,7,9-10,12,18H,4,6,8H2,1-2H3,(H,25,26,27,28). The molecular weight excluding hydrogens is 424 g/mol. The fourth-order valence-corrected chi connectivity index (χ4v) is 4.52. The normalized spacial score (nSPS) is 15.7. The van der Waals surface area contributed by atoms with Crippen molar-refractivity contribution in [1.29, 1.82) is 5.26 Å². The summed E-state index contributed by atoms with van der Waals surface area (Å²) >= 11 is 1.58. The van der Waals surface area contributed by atoms with Gasteiger partial charge < -0.3 is 14.7 Å². The molecule has 1 aliphatic heterocycles. The number of nitriles is 1. The Morgan fingerprint density at radius 3 is 2.97 bits per heavy atom. The molecule has 4 aromatic heterocycles. The van der Waals surface area contributed by atoms with Gasteiger partial charge in [0, 0.05) is 47.2 Å². The summed E-state index contributed by atoms with van der Waals surface area (Å²) in [4.78, 5) is 21.2. The van der Waals surface area contributed by atoms with E-state index in [4.69, 9.17) is 9.51 Å². The molecule has 0 radical (unpaired) electrons. The van der Waals surface area contributed by atoms with Gasteiger partial charge in [0.2, 0.25) is 5.95 Å². The summed E-state index contributed by atoms with van der Waals surface area (Å²) in [6, 6.07) is 9.47. The SMILES string of the molecule is Cc1cc(Nc2ncc(C)s2)nc(N2CCCC2c2cc(-c3cccnc3C#N)no2)n1. The first-order chi connectivity index (χ1) is 15.6. The molecule has 1 atom stereocenters. The molecule has 1 N–H and O–H groups in total. The quantitative estimate of drug-likeness (QED) is 0.473. The van der Waals surface area contributed by atoms with Gasteiger partial charge in [-0.05, 0) is 38.8 Å². The second-order valence-corrected chi connectivity index (χ2v) is 8.81. The summed E-state index contributed by atoms with van der Waals surface area (Å²) in [5.41, 5.74) is 2.45. The maximum Gasteiger partial charge on any atom is 0.228 e. The molecule has 5 heterocycles. The zero-order valence-electron chi connectivity index (χ0n) is 17.6. The van der Waals surface area contributed by atoms with Crippen molar-refractivity contribution in [1.82, 2.24) is 25.1 Å². The van der Waals surface area contributed by atoms with Gasteiger partial charge in [0.05, 0.1) is 6.04 Å². The molecule has 32 heavy (non-hydrogen) atoms. The van der Waals surface area contributed by atoms with E-state index in [1.807, 2.05) is 38.2 Å². The van der Waals surface area contributed by atoms with Crippen LogP contribution in [0.4, 0.5) is 16.9 Å². The van der Waals surface area contributed by atoms with Crippen LogP contribution in [0.25, 0.3) is 11.3 Å². The third-order valence-electron chi connectivity index (χ3n) is 5.25. The van der Waals surface area contributed by atoms with Gasteiger partial charge >= 0.3 is 0 Å². The molecule has 1 unspecified atom stereocenters. The number of aromatic nitrogens is 5. The third-order valence-corrected chi connectivity index (χ3v) is 6.08. The molecule has 0 saturated carbocycles. The van der Waals surface area contributed by atoms with E-state index in [0.717, 1.165) is 40.8 Å². The maximum absolute atomic E-state index is 9.34. The highest BCUT2D eigenvalue weighted by Gasteiger charge is 2.32. The Hall–Kier alpha value is -3.84. The fourth-order valence-electron chi connectivity index (χ4n) is 3.84. The lowest BCUT2D eigenvalue weighted by Crippen LogP contribution is -2.25. The molecule has 9 nitrogen and oxygen atoms in total. The highest BCUT2D eigenvalue weighted by atomic mass is 32.1. The summed E-state index contributed by atoms with van der Waals surface area (Å²) < 4.78 is 5.70. The van der Waals surface area contributed by atoms with Crippen LogP contribution < -0.4 is 10.2 Å². The average Bonchev–Trinajstić information content (AvgIpc) is 3.54. The lowest BCUT2D eigenvalue weighted by atomic mass is 10.1. The molecule has 10 heteroatoms. The predicted molar refractivity (Wildman–Crippen MR) is 121 cm³/mol. The Bertz CT molecular complexity index is 1310. The highest BCUT2D eigenvalue weighted by Crippen LogP contribution is 2.37. The first-order valence-electron chi connectivity index (χ1n) is 10.2. The first kappa shape index (κ1) is 20.1. The smallest absolute Gasteiger partial charge is 0.228 e. The van der Waals surface area contributed by atoms with Gasteiger partial charge in [-0.1, -0.05) is 5.16 Å². The van der Waals surface area contributed by atoms with E-state index in [9.17, 15) is 5.26 Å². The van der Waals surface area contributed by atoms with Crippen molar-refractivity contribution in [2.75, 3.05) is 16.8 Å². The molecule has 0 spiro atoms. The molecule has 160 valence electrons. The van der Waals surface area contributed by atoms with Gasteiger partial charge in [-0.15, -0.1) is 11.3 Å². The van der Waals surface area contributed by atoms with E-state index >= 15 is 0 Å². The van der Waals surface area contributed by atoms with Gasteiger partial charge in [0.25, 0.3) is 0 Å². The van der Waals surface area contributed by atoms with E-state index < -0.39 is 0 Å². The summed E-state index contributed by atoms with van der Waals surface area (Å²) in [6.07, 6.45) is 5.32. The number of nitrogens with one attached hydrogen (secondary N) is 1. The van der Waals surface area contributed by atoms with Crippen molar-refractivity contribution in [3.05, 3.63) is 58.7 Å². The van der Waals surface area contributed by atoms with Crippen LogP contribution in [0, 0.1) is 25.2 Å². The minimum absolute atomic E-state index is 0.0322. The van der Waals surface area contributed by atoms with Crippen LogP contribution in [0.5, 0.6) is 0 Å². The van der Waals surface area contributed by atoms with Crippen LogP contribution in [-0.2, 0) is 0 Å². The summed E-state index contributed by atoms with van der Waals surface area (Å²) in [7, 11) is 0. The van der Waals surface area contributed by atoms with E-state index in [0.29, 0.717) is 28.7 Å².